The highest BCUT2D eigenvalue weighted by Gasteiger charge is 2.12. The van der Waals surface area contributed by atoms with Crippen molar-refractivity contribution in [3.8, 4) is 5.75 Å². The van der Waals surface area contributed by atoms with Gasteiger partial charge in [-0.2, -0.15) is 0 Å². The van der Waals surface area contributed by atoms with Crippen molar-refractivity contribution in [2.24, 2.45) is 0 Å². The fraction of sp³-hybridized carbons (Fsp3) is 0.421. The number of benzene rings is 1. The largest absolute Gasteiger partial charge is 0.494 e. The van der Waals surface area contributed by atoms with Gasteiger partial charge in [0.05, 0.1) is 18.4 Å². The molecule has 2 aromatic rings. The molecule has 0 bridgehead atoms. The van der Waals surface area contributed by atoms with Gasteiger partial charge in [0, 0.05) is 4.88 Å². The average molecular weight is 364 g/mol. The Morgan fingerprint density at radius 3 is 2.71 bits per heavy atom. The van der Waals surface area contributed by atoms with Gasteiger partial charge in [-0.05, 0) is 67.7 Å². The summed E-state index contributed by atoms with van der Waals surface area (Å²) in [7, 11) is 0. The monoisotopic (exact) mass is 363 g/mol. The number of amides is 1. The van der Waals surface area contributed by atoms with E-state index in [-0.39, 0.29) is 11.2 Å². The zero-order valence-corrected chi connectivity index (χ0v) is 16.1. The quantitative estimate of drug-likeness (QED) is 0.663. The Labute approximate surface area is 152 Å². The molecule has 24 heavy (non-hydrogen) atoms. The molecule has 130 valence electrons. The van der Waals surface area contributed by atoms with Gasteiger partial charge in [0.2, 0.25) is 5.91 Å². The van der Waals surface area contributed by atoms with E-state index in [4.69, 9.17) is 4.74 Å². The number of ether oxygens (including phenoxy) is 1. The molecule has 1 amide bonds. The van der Waals surface area contributed by atoms with Crippen LogP contribution in [0, 0.1) is 13.8 Å². The molecule has 0 radical (unpaired) electrons. The predicted molar refractivity (Wildman–Crippen MR) is 104 cm³/mol. The number of thiophene rings is 1. The summed E-state index contributed by atoms with van der Waals surface area (Å²) in [6.07, 6.45) is 0.931. The first-order chi connectivity index (χ1) is 11.5. The van der Waals surface area contributed by atoms with Gasteiger partial charge < -0.3 is 10.1 Å². The Kier molecular flexibility index (Phi) is 7.66. The van der Waals surface area contributed by atoms with Gasteiger partial charge in [0.25, 0.3) is 0 Å². The van der Waals surface area contributed by atoms with Gasteiger partial charge in [-0.3, -0.25) is 4.79 Å². The van der Waals surface area contributed by atoms with E-state index in [2.05, 4.69) is 37.4 Å². The number of hydrogen-bond donors (Lipinski definition) is 1. The van der Waals surface area contributed by atoms with E-state index in [1.165, 1.54) is 16.0 Å². The number of rotatable bonds is 9. The normalized spacial score (nSPS) is 12.0. The number of nitrogens with one attached hydrogen (secondary N) is 1. The molecule has 0 spiro atoms. The topological polar surface area (TPSA) is 38.3 Å². The standard InChI is InChI=1S/C19H25NO2S2/c1-14-10-15(2)12-17(11-14)22-7-5-9-23-16(3)19(21)20-13-18-6-4-8-24-18/h4,6,8,10-12,16H,5,7,9,13H2,1-3H3,(H,20,21). The van der Waals surface area contributed by atoms with Crippen LogP contribution in [0.5, 0.6) is 5.75 Å². The molecular weight excluding hydrogens is 338 g/mol. The Bertz CT molecular complexity index is 621. The van der Waals surface area contributed by atoms with Crippen LogP contribution in [0.4, 0.5) is 0 Å². The van der Waals surface area contributed by atoms with Crippen LogP contribution in [0.3, 0.4) is 0 Å². The van der Waals surface area contributed by atoms with Crippen LogP contribution < -0.4 is 10.1 Å². The number of hydrogen-bond acceptors (Lipinski definition) is 4. The van der Waals surface area contributed by atoms with E-state index in [1.807, 2.05) is 24.4 Å². The lowest BCUT2D eigenvalue weighted by atomic mass is 10.1. The molecule has 1 aromatic heterocycles. The minimum atomic E-state index is -0.0359. The van der Waals surface area contributed by atoms with Crippen LogP contribution in [-0.4, -0.2) is 23.5 Å². The SMILES string of the molecule is Cc1cc(C)cc(OCCCSC(C)C(=O)NCc2cccs2)c1. The summed E-state index contributed by atoms with van der Waals surface area (Å²) in [5, 5.41) is 4.97. The summed E-state index contributed by atoms with van der Waals surface area (Å²) in [6.45, 7) is 7.41. The second-order valence-corrected chi connectivity index (χ2v) is 8.32. The van der Waals surface area contributed by atoms with Gasteiger partial charge in [0.1, 0.15) is 5.75 Å². The lowest BCUT2D eigenvalue weighted by Gasteiger charge is -2.12. The molecule has 0 saturated heterocycles. The van der Waals surface area contributed by atoms with Crippen LogP contribution >= 0.6 is 23.1 Å². The molecule has 5 heteroatoms. The first kappa shape index (κ1) is 18.9. The first-order valence-electron chi connectivity index (χ1n) is 8.17. The van der Waals surface area contributed by atoms with Gasteiger partial charge in [-0.15, -0.1) is 23.1 Å². The van der Waals surface area contributed by atoms with Crippen molar-refractivity contribution in [2.75, 3.05) is 12.4 Å². The van der Waals surface area contributed by atoms with E-state index >= 15 is 0 Å². The highest BCUT2D eigenvalue weighted by molar-refractivity contribution is 8.00. The van der Waals surface area contributed by atoms with Crippen molar-refractivity contribution in [1.82, 2.24) is 5.32 Å². The van der Waals surface area contributed by atoms with Gasteiger partial charge in [-0.1, -0.05) is 12.1 Å². The minimum Gasteiger partial charge on any atom is -0.494 e. The van der Waals surface area contributed by atoms with E-state index in [1.54, 1.807) is 23.1 Å². The molecule has 0 fully saturated rings. The number of thioether (sulfide) groups is 1. The maximum absolute atomic E-state index is 12.0. The molecule has 0 saturated carbocycles. The van der Waals surface area contributed by atoms with Crippen LogP contribution in [0.25, 0.3) is 0 Å². The summed E-state index contributed by atoms with van der Waals surface area (Å²) in [6, 6.07) is 10.3. The second kappa shape index (κ2) is 9.74. The predicted octanol–water partition coefficient (Wildman–Crippen LogP) is 4.57. The van der Waals surface area contributed by atoms with Crippen molar-refractivity contribution in [3.63, 3.8) is 0 Å². The Morgan fingerprint density at radius 1 is 1.29 bits per heavy atom. The maximum atomic E-state index is 12.0. The van der Waals surface area contributed by atoms with Crippen molar-refractivity contribution >= 4 is 29.0 Å². The zero-order valence-electron chi connectivity index (χ0n) is 14.5. The lowest BCUT2D eigenvalue weighted by molar-refractivity contribution is -0.120. The summed E-state index contributed by atoms with van der Waals surface area (Å²) >= 11 is 3.34. The fourth-order valence-corrected chi connectivity index (χ4v) is 3.85. The molecule has 0 aliphatic carbocycles. The number of carbonyl (C=O) groups excluding carboxylic acids is 1. The minimum absolute atomic E-state index is 0.0359. The second-order valence-electron chi connectivity index (χ2n) is 5.84. The Morgan fingerprint density at radius 2 is 2.04 bits per heavy atom. The van der Waals surface area contributed by atoms with E-state index < -0.39 is 0 Å². The van der Waals surface area contributed by atoms with Crippen LogP contribution in [0.15, 0.2) is 35.7 Å². The third kappa shape index (κ3) is 6.57. The van der Waals surface area contributed by atoms with Crippen molar-refractivity contribution in [1.29, 1.82) is 0 Å². The summed E-state index contributed by atoms with van der Waals surface area (Å²) in [5.41, 5.74) is 2.44. The summed E-state index contributed by atoms with van der Waals surface area (Å²) in [5.74, 6) is 1.95. The van der Waals surface area contributed by atoms with Crippen molar-refractivity contribution in [2.45, 2.75) is 39.0 Å². The van der Waals surface area contributed by atoms with E-state index in [9.17, 15) is 4.79 Å². The highest BCUT2D eigenvalue weighted by Crippen LogP contribution is 2.17. The van der Waals surface area contributed by atoms with Crippen molar-refractivity contribution in [3.05, 3.63) is 51.7 Å². The number of aryl methyl sites for hydroxylation is 2. The molecule has 1 N–H and O–H groups in total. The van der Waals surface area contributed by atoms with E-state index in [0.717, 1.165) is 17.9 Å². The average Bonchev–Trinajstić information content (AvgIpc) is 3.04. The summed E-state index contributed by atoms with van der Waals surface area (Å²) < 4.78 is 5.79. The highest BCUT2D eigenvalue weighted by atomic mass is 32.2. The smallest absolute Gasteiger partial charge is 0.233 e. The molecule has 0 aliphatic heterocycles. The Balaban J connectivity index is 1.60. The van der Waals surface area contributed by atoms with Crippen LogP contribution in [0.1, 0.15) is 29.3 Å². The third-order valence-electron chi connectivity index (χ3n) is 3.51. The molecule has 1 unspecified atom stereocenters. The van der Waals surface area contributed by atoms with Crippen molar-refractivity contribution < 1.29 is 9.53 Å². The number of carbonyl (C=O) groups is 1. The van der Waals surface area contributed by atoms with Gasteiger partial charge >= 0.3 is 0 Å². The lowest BCUT2D eigenvalue weighted by Crippen LogP contribution is -2.30. The first-order valence-corrected chi connectivity index (χ1v) is 10.1. The molecule has 0 aliphatic rings. The van der Waals surface area contributed by atoms with Gasteiger partial charge in [-0.25, -0.2) is 0 Å². The van der Waals surface area contributed by atoms with Crippen LogP contribution in [0.2, 0.25) is 0 Å². The van der Waals surface area contributed by atoms with Gasteiger partial charge in [0.15, 0.2) is 0 Å². The molecule has 1 heterocycles. The zero-order chi connectivity index (χ0) is 17.4. The van der Waals surface area contributed by atoms with Crippen LogP contribution in [-0.2, 0) is 11.3 Å². The molecule has 1 atom stereocenters. The molecular formula is C19H25NO2S2. The molecule has 1 aromatic carbocycles. The fourth-order valence-electron chi connectivity index (χ4n) is 2.33. The third-order valence-corrected chi connectivity index (χ3v) is 5.62. The Hall–Kier alpha value is -1.46. The molecule has 2 rings (SSSR count). The van der Waals surface area contributed by atoms with E-state index in [0.29, 0.717) is 13.2 Å². The molecule has 3 nitrogen and oxygen atoms in total. The summed E-state index contributed by atoms with van der Waals surface area (Å²) in [4.78, 5) is 13.2. The maximum Gasteiger partial charge on any atom is 0.233 e.